The Labute approximate surface area is 65.6 Å². The van der Waals surface area contributed by atoms with Crippen molar-refractivity contribution in [1.29, 1.82) is 0 Å². The summed E-state index contributed by atoms with van der Waals surface area (Å²) in [6.07, 6.45) is 0.815. The summed E-state index contributed by atoms with van der Waals surface area (Å²) < 4.78 is 6.83. The molecule has 0 aliphatic heterocycles. The number of ether oxygens (including phenoxy) is 1. The third-order valence-electron chi connectivity index (χ3n) is 1.87. The van der Waals surface area contributed by atoms with Crippen molar-refractivity contribution in [2.75, 3.05) is 7.11 Å². The zero-order chi connectivity index (χ0) is 8.43. The summed E-state index contributed by atoms with van der Waals surface area (Å²) in [5.41, 5.74) is 1.61. The molecule has 1 rings (SSSR count). The van der Waals surface area contributed by atoms with Gasteiger partial charge in [0.1, 0.15) is 5.75 Å². The molecule has 0 amide bonds. The number of nitrogens with zero attached hydrogens (tertiary/aromatic N) is 1. The van der Waals surface area contributed by atoms with E-state index in [0.29, 0.717) is 5.69 Å². The Morgan fingerprint density at radius 3 is 2.55 bits per heavy atom. The number of carbonyl (C=O) groups excluding carboxylic acids is 1. The van der Waals surface area contributed by atoms with Crippen LogP contribution in [0.4, 0.5) is 0 Å². The normalized spacial score (nSPS) is 9.73. The molecule has 1 heterocycles. The van der Waals surface area contributed by atoms with Crippen molar-refractivity contribution >= 4 is 6.29 Å². The zero-order valence-corrected chi connectivity index (χ0v) is 6.92. The highest BCUT2D eigenvalue weighted by molar-refractivity contribution is 5.74. The average molecular weight is 153 g/mol. The fourth-order valence-corrected chi connectivity index (χ4v) is 1.01. The summed E-state index contributed by atoms with van der Waals surface area (Å²) in [7, 11) is 3.43. The van der Waals surface area contributed by atoms with Crippen LogP contribution in [0, 0.1) is 6.92 Å². The van der Waals surface area contributed by atoms with Gasteiger partial charge in [0.2, 0.25) is 0 Å². The molecular formula is C8H11NO2. The fourth-order valence-electron chi connectivity index (χ4n) is 1.01. The Balaban J connectivity index is 3.22. The molecule has 0 spiro atoms. The third-order valence-corrected chi connectivity index (χ3v) is 1.87. The Morgan fingerprint density at radius 1 is 1.64 bits per heavy atom. The minimum atomic E-state index is 0.638. The molecule has 0 saturated carbocycles. The van der Waals surface area contributed by atoms with Gasteiger partial charge in [-0.1, -0.05) is 0 Å². The van der Waals surface area contributed by atoms with Gasteiger partial charge in [0.05, 0.1) is 18.5 Å². The van der Waals surface area contributed by atoms with Gasteiger partial charge in [-0.3, -0.25) is 4.79 Å². The Kier molecular flexibility index (Phi) is 1.98. The van der Waals surface area contributed by atoms with Gasteiger partial charge >= 0.3 is 0 Å². The summed E-state index contributed by atoms with van der Waals surface area (Å²) in [5, 5.41) is 0. The van der Waals surface area contributed by atoms with Gasteiger partial charge in [0.15, 0.2) is 6.29 Å². The van der Waals surface area contributed by atoms with Crippen molar-refractivity contribution < 1.29 is 9.53 Å². The standard InChI is InChI=1S/C8H11NO2/c1-6-8(11-3)4-7(5-10)9(6)2/h4-5H,1-3H3. The van der Waals surface area contributed by atoms with E-state index >= 15 is 0 Å². The molecule has 1 aromatic heterocycles. The van der Waals surface area contributed by atoms with E-state index in [9.17, 15) is 4.79 Å². The number of hydrogen-bond donors (Lipinski definition) is 0. The van der Waals surface area contributed by atoms with Crippen molar-refractivity contribution in [3.05, 3.63) is 17.5 Å². The first-order valence-corrected chi connectivity index (χ1v) is 3.36. The summed E-state index contributed by atoms with van der Waals surface area (Å²) in [6, 6.07) is 1.72. The van der Waals surface area contributed by atoms with E-state index in [1.807, 2.05) is 14.0 Å². The molecule has 0 aliphatic carbocycles. The molecule has 60 valence electrons. The van der Waals surface area contributed by atoms with Crippen LogP contribution < -0.4 is 4.74 Å². The average Bonchev–Trinajstić information content (AvgIpc) is 2.30. The maximum atomic E-state index is 10.4. The second-order valence-corrected chi connectivity index (χ2v) is 2.40. The molecule has 0 fully saturated rings. The lowest BCUT2D eigenvalue weighted by Gasteiger charge is -1.99. The predicted octanol–water partition coefficient (Wildman–Crippen LogP) is 1.15. The molecule has 0 N–H and O–H groups in total. The lowest BCUT2D eigenvalue weighted by molar-refractivity contribution is 0.111. The monoisotopic (exact) mass is 153 g/mol. The van der Waals surface area contributed by atoms with E-state index < -0.39 is 0 Å². The SMILES string of the molecule is COc1cc(C=O)n(C)c1C. The molecule has 0 bridgehead atoms. The summed E-state index contributed by atoms with van der Waals surface area (Å²) in [4.78, 5) is 10.4. The van der Waals surface area contributed by atoms with Gasteiger partial charge in [-0.2, -0.15) is 0 Å². The van der Waals surface area contributed by atoms with Crippen LogP contribution >= 0.6 is 0 Å². The largest absolute Gasteiger partial charge is 0.495 e. The van der Waals surface area contributed by atoms with Crippen LogP contribution in [-0.2, 0) is 7.05 Å². The molecule has 0 aliphatic rings. The molecular weight excluding hydrogens is 142 g/mol. The molecule has 0 unspecified atom stereocenters. The molecule has 0 radical (unpaired) electrons. The van der Waals surface area contributed by atoms with Crippen molar-refractivity contribution in [2.24, 2.45) is 7.05 Å². The maximum Gasteiger partial charge on any atom is 0.166 e. The van der Waals surface area contributed by atoms with Gasteiger partial charge in [0, 0.05) is 13.1 Å². The molecule has 0 aromatic carbocycles. The first-order valence-electron chi connectivity index (χ1n) is 3.36. The Morgan fingerprint density at radius 2 is 2.27 bits per heavy atom. The van der Waals surface area contributed by atoms with Crippen LogP contribution in [0.2, 0.25) is 0 Å². The highest BCUT2D eigenvalue weighted by Crippen LogP contribution is 2.19. The molecule has 3 heteroatoms. The quantitative estimate of drug-likeness (QED) is 0.597. The topological polar surface area (TPSA) is 31.2 Å². The van der Waals surface area contributed by atoms with Crippen LogP contribution in [-0.4, -0.2) is 18.0 Å². The van der Waals surface area contributed by atoms with Crippen LogP contribution in [0.25, 0.3) is 0 Å². The van der Waals surface area contributed by atoms with E-state index in [-0.39, 0.29) is 0 Å². The first kappa shape index (κ1) is 7.85. The van der Waals surface area contributed by atoms with E-state index in [1.165, 1.54) is 0 Å². The Hall–Kier alpha value is -1.25. The van der Waals surface area contributed by atoms with E-state index in [2.05, 4.69) is 0 Å². The van der Waals surface area contributed by atoms with Gasteiger partial charge in [-0.15, -0.1) is 0 Å². The zero-order valence-electron chi connectivity index (χ0n) is 6.92. The number of hydrogen-bond acceptors (Lipinski definition) is 2. The number of aromatic nitrogens is 1. The van der Waals surface area contributed by atoms with Crippen LogP contribution in [0.5, 0.6) is 5.75 Å². The molecule has 11 heavy (non-hydrogen) atoms. The second-order valence-electron chi connectivity index (χ2n) is 2.40. The summed E-state index contributed by atoms with van der Waals surface area (Å²) in [6.45, 7) is 1.91. The number of rotatable bonds is 2. The maximum absolute atomic E-state index is 10.4. The predicted molar refractivity (Wildman–Crippen MR) is 42.1 cm³/mol. The van der Waals surface area contributed by atoms with Crippen molar-refractivity contribution in [1.82, 2.24) is 4.57 Å². The Bertz CT molecular complexity index is 276. The van der Waals surface area contributed by atoms with Crippen LogP contribution in [0.3, 0.4) is 0 Å². The second kappa shape index (κ2) is 2.78. The molecule has 0 saturated heterocycles. The number of methoxy groups -OCH3 is 1. The minimum absolute atomic E-state index is 0.638. The highest BCUT2D eigenvalue weighted by Gasteiger charge is 2.06. The minimum Gasteiger partial charge on any atom is -0.495 e. The van der Waals surface area contributed by atoms with Crippen molar-refractivity contribution in [3.8, 4) is 5.75 Å². The molecule has 1 aromatic rings. The summed E-state index contributed by atoms with van der Waals surface area (Å²) in [5.74, 6) is 0.759. The molecule has 3 nitrogen and oxygen atoms in total. The first-order chi connectivity index (χ1) is 5.20. The van der Waals surface area contributed by atoms with E-state index in [0.717, 1.165) is 17.7 Å². The lowest BCUT2D eigenvalue weighted by atomic mass is 10.4. The van der Waals surface area contributed by atoms with E-state index in [4.69, 9.17) is 4.74 Å². The lowest BCUT2D eigenvalue weighted by Crippen LogP contribution is -1.96. The number of carbonyl (C=O) groups is 1. The number of aldehydes is 1. The molecule has 0 atom stereocenters. The fraction of sp³-hybridized carbons (Fsp3) is 0.375. The van der Waals surface area contributed by atoms with Gasteiger partial charge in [-0.25, -0.2) is 0 Å². The van der Waals surface area contributed by atoms with Gasteiger partial charge in [0.25, 0.3) is 0 Å². The van der Waals surface area contributed by atoms with Gasteiger partial charge < -0.3 is 9.30 Å². The van der Waals surface area contributed by atoms with E-state index in [1.54, 1.807) is 17.7 Å². The summed E-state index contributed by atoms with van der Waals surface area (Å²) >= 11 is 0. The highest BCUT2D eigenvalue weighted by atomic mass is 16.5. The third kappa shape index (κ3) is 1.13. The smallest absolute Gasteiger partial charge is 0.166 e. The van der Waals surface area contributed by atoms with Crippen LogP contribution in [0.1, 0.15) is 16.2 Å². The van der Waals surface area contributed by atoms with Gasteiger partial charge in [-0.05, 0) is 6.92 Å². The van der Waals surface area contributed by atoms with Crippen LogP contribution in [0.15, 0.2) is 6.07 Å². The van der Waals surface area contributed by atoms with Crippen molar-refractivity contribution in [2.45, 2.75) is 6.92 Å². The van der Waals surface area contributed by atoms with Crippen molar-refractivity contribution in [3.63, 3.8) is 0 Å².